The molecule has 4 fully saturated rings. The molecule has 0 saturated heterocycles. The topological polar surface area (TPSA) is 0 Å². The molecule has 1 heteroatoms. The maximum absolute atomic E-state index is 2.73. The van der Waals surface area contributed by atoms with Crippen LogP contribution in [0, 0.1) is 46.3 Å². The van der Waals surface area contributed by atoms with E-state index in [1.807, 2.05) is 11.8 Å². The first-order valence-corrected chi connectivity index (χ1v) is 12.9. The van der Waals surface area contributed by atoms with E-state index in [2.05, 4.69) is 27.0 Å². The van der Waals surface area contributed by atoms with Crippen molar-refractivity contribution in [2.75, 3.05) is 12.0 Å². The minimum absolute atomic E-state index is 0.677. The summed E-state index contributed by atoms with van der Waals surface area (Å²) in [4.78, 5) is 0. The van der Waals surface area contributed by atoms with Gasteiger partial charge in [-0.3, -0.25) is 0 Å². The van der Waals surface area contributed by atoms with Gasteiger partial charge >= 0.3 is 0 Å². The van der Waals surface area contributed by atoms with Gasteiger partial charge in [-0.25, -0.2) is 0 Å². The zero-order valence-corrected chi connectivity index (χ0v) is 18.2. The van der Waals surface area contributed by atoms with Crippen molar-refractivity contribution < 1.29 is 0 Å². The lowest BCUT2D eigenvalue weighted by Crippen LogP contribution is -2.53. The Hall–Kier alpha value is 0.350. The second kappa shape index (κ2) is 7.06. The van der Waals surface area contributed by atoms with Crippen molar-refractivity contribution in [3.8, 4) is 0 Å². The molecule has 0 nitrogen and oxygen atoms in total. The summed E-state index contributed by atoms with van der Waals surface area (Å²) in [6, 6.07) is 0. The largest absolute Gasteiger partial charge is 0.165 e. The van der Waals surface area contributed by atoms with Gasteiger partial charge in [-0.1, -0.05) is 33.6 Å². The van der Waals surface area contributed by atoms with Crippen LogP contribution in [0.15, 0.2) is 0 Å². The van der Waals surface area contributed by atoms with Crippen LogP contribution >= 0.6 is 11.8 Å². The molecule has 4 aliphatic rings. The average molecular weight is 363 g/mol. The van der Waals surface area contributed by atoms with Gasteiger partial charge in [0.05, 0.1) is 0 Å². The van der Waals surface area contributed by atoms with Crippen LogP contribution in [0.4, 0.5) is 0 Å². The monoisotopic (exact) mass is 362 g/mol. The highest BCUT2D eigenvalue weighted by Crippen LogP contribution is 2.68. The maximum atomic E-state index is 2.73. The van der Waals surface area contributed by atoms with Gasteiger partial charge in [0.25, 0.3) is 0 Å². The van der Waals surface area contributed by atoms with E-state index >= 15 is 0 Å². The fourth-order valence-corrected chi connectivity index (χ4v) is 9.38. The summed E-state index contributed by atoms with van der Waals surface area (Å²) < 4.78 is 0. The molecule has 0 radical (unpaired) electrons. The van der Waals surface area contributed by atoms with Crippen LogP contribution in [0.3, 0.4) is 0 Å². The van der Waals surface area contributed by atoms with E-state index in [9.17, 15) is 0 Å². The third-order valence-corrected chi connectivity index (χ3v) is 10.8. The van der Waals surface area contributed by atoms with E-state index in [0.29, 0.717) is 10.8 Å². The molecule has 0 aromatic rings. The Labute approximate surface area is 161 Å². The van der Waals surface area contributed by atoms with Crippen LogP contribution in [0.5, 0.6) is 0 Å². The Morgan fingerprint density at radius 3 is 2.48 bits per heavy atom. The summed E-state index contributed by atoms with van der Waals surface area (Å²) in [5, 5.41) is 0. The molecule has 4 rings (SSSR count). The summed E-state index contributed by atoms with van der Waals surface area (Å²) in [5.41, 5.74) is 1.39. The third-order valence-electron chi connectivity index (χ3n) is 10.1. The first-order valence-electron chi connectivity index (χ1n) is 11.5. The van der Waals surface area contributed by atoms with Crippen molar-refractivity contribution >= 4 is 11.8 Å². The highest BCUT2D eigenvalue weighted by atomic mass is 32.2. The number of rotatable bonds is 4. The first-order chi connectivity index (χ1) is 12.0. The Morgan fingerprint density at radius 2 is 1.68 bits per heavy atom. The molecule has 4 aliphatic carbocycles. The molecular formula is C24H42S. The van der Waals surface area contributed by atoms with Gasteiger partial charge in [-0.2, -0.15) is 11.8 Å². The normalized spacial score (nSPS) is 50.6. The van der Waals surface area contributed by atoms with Crippen LogP contribution in [0.1, 0.15) is 91.4 Å². The van der Waals surface area contributed by atoms with Crippen molar-refractivity contribution in [3.05, 3.63) is 0 Å². The van der Waals surface area contributed by atoms with Crippen molar-refractivity contribution in [1.29, 1.82) is 0 Å². The van der Waals surface area contributed by atoms with Gasteiger partial charge in [0.1, 0.15) is 0 Å². The van der Waals surface area contributed by atoms with Gasteiger partial charge in [0.2, 0.25) is 0 Å². The smallest absolute Gasteiger partial charge is 0.00677 e. The molecule has 8 atom stereocenters. The van der Waals surface area contributed by atoms with Crippen molar-refractivity contribution in [2.45, 2.75) is 91.4 Å². The lowest BCUT2D eigenvalue weighted by molar-refractivity contribution is -0.114. The molecule has 0 aromatic carbocycles. The zero-order chi connectivity index (χ0) is 17.7. The summed E-state index contributed by atoms with van der Waals surface area (Å²) in [6.45, 7) is 8.04. The Balaban J connectivity index is 1.53. The van der Waals surface area contributed by atoms with Gasteiger partial charge in [-0.15, -0.1) is 0 Å². The minimum Gasteiger partial charge on any atom is -0.165 e. The molecule has 0 aromatic heterocycles. The van der Waals surface area contributed by atoms with E-state index < -0.39 is 0 Å². The summed E-state index contributed by atoms with van der Waals surface area (Å²) in [7, 11) is 0. The fraction of sp³-hybridized carbons (Fsp3) is 1.00. The molecule has 0 amide bonds. The van der Waals surface area contributed by atoms with Crippen molar-refractivity contribution in [2.24, 2.45) is 46.3 Å². The molecular weight excluding hydrogens is 320 g/mol. The van der Waals surface area contributed by atoms with E-state index in [0.717, 1.165) is 35.5 Å². The Bertz CT molecular complexity index is 473. The fourth-order valence-electron chi connectivity index (χ4n) is 8.78. The van der Waals surface area contributed by atoms with Crippen molar-refractivity contribution in [1.82, 2.24) is 0 Å². The van der Waals surface area contributed by atoms with Crippen LogP contribution in [-0.2, 0) is 0 Å². The molecule has 0 aliphatic heterocycles. The van der Waals surface area contributed by atoms with Gasteiger partial charge in [0.15, 0.2) is 0 Å². The second-order valence-corrected chi connectivity index (χ2v) is 11.9. The predicted octanol–water partition coefficient (Wildman–Crippen LogP) is 7.42. The summed E-state index contributed by atoms with van der Waals surface area (Å²) >= 11 is 2.05. The summed E-state index contributed by atoms with van der Waals surface area (Å²) in [5.74, 6) is 7.62. The van der Waals surface area contributed by atoms with Gasteiger partial charge in [0, 0.05) is 0 Å². The molecule has 4 saturated carbocycles. The number of thioether (sulfide) groups is 1. The van der Waals surface area contributed by atoms with Crippen molar-refractivity contribution in [3.63, 3.8) is 0 Å². The van der Waals surface area contributed by atoms with E-state index in [4.69, 9.17) is 0 Å². The average Bonchev–Trinajstić information content (AvgIpc) is 2.96. The van der Waals surface area contributed by atoms with Crippen LogP contribution in [-0.4, -0.2) is 12.0 Å². The van der Waals surface area contributed by atoms with E-state index in [1.165, 1.54) is 25.0 Å². The van der Waals surface area contributed by atoms with Crippen LogP contribution in [0.25, 0.3) is 0 Å². The lowest BCUT2D eigenvalue weighted by atomic mass is 9.44. The van der Waals surface area contributed by atoms with E-state index in [1.54, 1.807) is 51.4 Å². The predicted molar refractivity (Wildman–Crippen MR) is 112 cm³/mol. The second-order valence-electron chi connectivity index (χ2n) is 10.9. The van der Waals surface area contributed by atoms with Gasteiger partial charge in [-0.05, 0) is 116 Å². The van der Waals surface area contributed by atoms with Gasteiger partial charge < -0.3 is 0 Å². The number of hydrogen-bond donors (Lipinski definition) is 0. The molecule has 0 bridgehead atoms. The highest BCUT2D eigenvalue weighted by molar-refractivity contribution is 7.98. The van der Waals surface area contributed by atoms with Crippen LogP contribution < -0.4 is 0 Å². The summed E-state index contributed by atoms with van der Waals surface area (Å²) in [6.07, 6.45) is 19.2. The number of fused-ring (bicyclic) bond motifs is 5. The molecule has 144 valence electrons. The Kier molecular flexibility index (Phi) is 5.28. The number of hydrogen-bond acceptors (Lipinski definition) is 1. The standard InChI is InChI=1S/C24H42S/c1-17(13-16-25-4)20-10-11-21-19-9-8-18-7-5-6-14-23(18,2)22(19)12-15-24(20,21)3/h17-22H,5-16H2,1-4H3. The lowest BCUT2D eigenvalue weighted by Gasteiger charge is -2.61. The molecule has 25 heavy (non-hydrogen) atoms. The molecule has 0 N–H and O–H groups in total. The Morgan fingerprint density at radius 1 is 0.880 bits per heavy atom. The molecule has 0 heterocycles. The van der Waals surface area contributed by atoms with Crippen LogP contribution in [0.2, 0.25) is 0 Å². The molecule has 0 spiro atoms. The minimum atomic E-state index is 0.677. The maximum Gasteiger partial charge on any atom is -0.00677 e. The zero-order valence-electron chi connectivity index (χ0n) is 17.4. The third kappa shape index (κ3) is 2.94. The first kappa shape index (κ1) is 18.7. The van der Waals surface area contributed by atoms with E-state index in [-0.39, 0.29) is 0 Å². The SMILES string of the molecule is CSCCC(C)C1CCC2C3CCC4CCCCC4(C)C3CCC12C. The quantitative estimate of drug-likeness (QED) is 0.501. The highest BCUT2D eigenvalue weighted by Gasteiger charge is 2.59. The molecule has 8 unspecified atom stereocenters.